The molecule has 2 aromatic carbocycles. The highest BCUT2D eigenvalue weighted by Crippen LogP contribution is 2.52. The van der Waals surface area contributed by atoms with Crippen LogP contribution in [0.3, 0.4) is 0 Å². The number of hydrogen-bond donors (Lipinski definition) is 1. The van der Waals surface area contributed by atoms with E-state index in [1.165, 1.54) is 11.1 Å². The molecular formula is C21H22BrNO. The van der Waals surface area contributed by atoms with Gasteiger partial charge in [-0.05, 0) is 55.5 Å². The Morgan fingerprint density at radius 2 is 1.92 bits per heavy atom. The summed E-state index contributed by atoms with van der Waals surface area (Å²) in [7, 11) is 0. The van der Waals surface area contributed by atoms with Gasteiger partial charge in [0.1, 0.15) is 5.75 Å². The standard InChI is InChI=1S/C21H22BrNO/c1-13(2)24-19-8-4-7-18-16-5-3-6-17(16)20(23-21(18)19)14-9-11-15(22)12-10-14/h3-5,7-13,16-17,20,23H,6H2,1-2H3. The molecule has 2 nitrogen and oxygen atoms in total. The second kappa shape index (κ2) is 6.29. The molecule has 0 radical (unpaired) electrons. The maximum absolute atomic E-state index is 6.07. The van der Waals surface area contributed by atoms with E-state index in [0.717, 1.165) is 22.3 Å². The number of rotatable bonds is 3. The molecule has 1 heterocycles. The second-order valence-corrected chi connectivity index (χ2v) is 7.83. The molecule has 24 heavy (non-hydrogen) atoms. The van der Waals surface area contributed by atoms with Crippen LogP contribution in [0.1, 0.15) is 43.4 Å². The first-order valence-electron chi connectivity index (χ1n) is 8.61. The summed E-state index contributed by atoms with van der Waals surface area (Å²) in [4.78, 5) is 0. The third kappa shape index (κ3) is 2.75. The minimum Gasteiger partial charge on any atom is -0.489 e. The molecule has 3 heteroatoms. The Labute approximate surface area is 152 Å². The zero-order valence-electron chi connectivity index (χ0n) is 14.0. The van der Waals surface area contributed by atoms with Crippen molar-refractivity contribution in [3.8, 4) is 5.75 Å². The molecule has 3 unspecified atom stereocenters. The first kappa shape index (κ1) is 15.8. The molecule has 4 rings (SSSR count). The van der Waals surface area contributed by atoms with Gasteiger partial charge in [0.2, 0.25) is 0 Å². The van der Waals surface area contributed by atoms with Crippen LogP contribution in [0.4, 0.5) is 5.69 Å². The molecule has 2 aliphatic rings. The third-order valence-electron chi connectivity index (χ3n) is 4.95. The Hall–Kier alpha value is -1.74. The summed E-state index contributed by atoms with van der Waals surface area (Å²) in [6, 6.07) is 15.4. The molecular weight excluding hydrogens is 362 g/mol. The van der Waals surface area contributed by atoms with Crippen molar-refractivity contribution in [2.75, 3.05) is 5.32 Å². The molecule has 0 saturated carbocycles. The van der Waals surface area contributed by atoms with Crippen LogP contribution >= 0.6 is 15.9 Å². The molecule has 0 spiro atoms. The molecule has 0 aromatic heterocycles. The molecule has 0 amide bonds. The summed E-state index contributed by atoms with van der Waals surface area (Å²) in [6.45, 7) is 4.15. The topological polar surface area (TPSA) is 21.3 Å². The minimum absolute atomic E-state index is 0.168. The van der Waals surface area contributed by atoms with E-state index in [-0.39, 0.29) is 6.10 Å². The first-order chi connectivity index (χ1) is 11.6. The number of halogens is 1. The number of ether oxygens (including phenoxy) is 1. The van der Waals surface area contributed by atoms with Crippen molar-refractivity contribution in [3.05, 3.63) is 70.2 Å². The summed E-state index contributed by atoms with van der Waals surface area (Å²) in [6.07, 6.45) is 5.98. The van der Waals surface area contributed by atoms with Gasteiger partial charge in [-0.1, -0.05) is 52.3 Å². The molecule has 124 valence electrons. The predicted octanol–water partition coefficient (Wildman–Crippen LogP) is 6.06. The molecule has 0 bridgehead atoms. The van der Waals surface area contributed by atoms with Crippen molar-refractivity contribution in [1.82, 2.24) is 0 Å². The van der Waals surface area contributed by atoms with Crippen LogP contribution in [0.15, 0.2) is 59.1 Å². The molecule has 0 fully saturated rings. The highest BCUT2D eigenvalue weighted by atomic mass is 79.9. The normalized spacial score (nSPS) is 24.4. The number of hydrogen-bond acceptors (Lipinski definition) is 2. The quantitative estimate of drug-likeness (QED) is 0.649. The number of benzene rings is 2. The number of fused-ring (bicyclic) bond motifs is 3. The van der Waals surface area contributed by atoms with Gasteiger partial charge in [-0.25, -0.2) is 0 Å². The Morgan fingerprint density at radius 3 is 2.67 bits per heavy atom. The van der Waals surface area contributed by atoms with Crippen LogP contribution in [0, 0.1) is 5.92 Å². The fraction of sp³-hybridized carbons (Fsp3) is 0.333. The molecule has 1 aliphatic heterocycles. The largest absolute Gasteiger partial charge is 0.489 e. The van der Waals surface area contributed by atoms with E-state index in [1.54, 1.807) is 0 Å². The summed E-state index contributed by atoms with van der Waals surface area (Å²) >= 11 is 3.54. The van der Waals surface area contributed by atoms with Gasteiger partial charge in [0.25, 0.3) is 0 Å². The van der Waals surface area contributed by atoms with Crippen LogP contribution in [0.25, 0.3) is 0 Å². The lowest BCUT2D eigenvalue weighted by Crippen LogP contribution is -2.29. The lowest BCUT2D eigenvalue weighted by atomic mass is 9.77. The summed E-state index contributed by atoms with van der Waals surface area (Å²) in [5.41, 5.74) is 3.86. The molecule has 1 N–H and O–H groups in total. The van der Waals surface area contributed by atoms with Gasteiger partial charge in [0.15, 0.2) is 0 Å². The molecule has 3 atom stereocenters. The van der Waals surface area contributed by atoms with Gasteiger partial charge < -0.3 is 10.1 Å². The first-order valence-corrected chi connectivity index (χ1v) is 9.41. The summed E-state index contributed by atoms with van der Waals surface area (Å²) < 4.78 is 7.19. The van der Waals surface area contributed by atoms with E-state index in [0.29, 0.717) is 17.9 Å². The van der Waals surface area contributed by atoms with Crippen molar-refractivity contribution in [2.45, 2.75) is 38.3 Å². The van der Waals surface area contributed by atoms with E-state index in [9.17, 15) is 0 Å². The minimum atomic E-state index is 0.168. The van der Waals surface area contributed by atoms with Gasteiger partial charge in [-0.2, -0.15) is 0 Å². The predicted molar refractivity (Wildman–Crippen MR) is 103 cm³/mol. The van der Waals surface area contributed by atoms with Crippen molar-refractivity contribution < 1.29 is 4.74 Å². The summed E-state index contributed by atoms with van der Waals surface area (Å²) in [5.74, 6) is 1.99. The van der Waals surface area contributed by atoms with Crippen LogP contribution in [0.5, 0.6) is 5.75 Å². The van der Waals surface area contributed by atoms with Crippen molar-refractivity contribution in [3.63, 3.8) is 0 Å². The van der Waals surface area contributed by atoms with Crippen molar-refractivity contribution >= 4 is 21.6 Å². The highest BCUT2D eigenvalue weighted by molar-refractivity contribution is 9.10. The lowest BCUT2D eigenvalue weighted by Gasteiger charge is -2.38. The highest BCUT2D eigenvalue weighted by Gasteiger charge is 2.38. The number of anilines is 1. The van der Waals surface area contributed by atoms with Crippen LogP contribution in [-0.2, 0) is 0 Å². The third-order valence-corrected chi connectivity index (χ3v) is 5.48. The summed E-state index contributed by atoms with van der Waals surface area (Å²) in [5, 5.41) is 3.80. The Bertz CT molecular complexity index is 766. The Morgan fingerprint density at radius 1 is 1.12 bits per heavy atom. The van der Waals surface area contributed by atoms with Gasteiger partial charge in [-0.15, -0.1) is 0 Å². The van der Waals surface area contributed by atoms with Gasteiger partial charge in [0.05, 0.1) is 17.8 Å². The lowest BCUT2D eigenvalue weighted by molar-refractivity contribution is 0.242. The van der Waals surface area contributed by atoms with E-state index in [4.69, 9.17) is 4.74 Å². The average molecular weight is 384 g/mol. The van der Waals surface area contributed by atoms with E-state index in [2.05, 4.69) is 89.7 Å². The molecule has 2 aromatic rings. The van der Waals surface area contributed by atoms with Crippen molar-refractivity contribution in [1.29, 1.82) is 0 Å². The fourth-order valence-corrected chi connectivity index (χ4v) is 4.21. The van der Waals surface area contributed by atoms with Crippen LogP contribution in [-0.4, -0.2) is 6.10 Å². The fourth-order valence-electron chi connectivity index (χ4n) is 3.95. The second-order valence-electron chi connectivity index (χ2n) is 6.91. The molecule has 1 aliphatic carbocycles. The van der Waals surface area contributed by atoms with Crippen LogP contribution in [0.2, 0.25) is 0 Å². The van der Waals surface area contributed by atoms with E-state index < -0.39 is 0 Å². The van der Waals surface area contributed by atoms with E-state index >= 15 is 0 Å². The average Bonchev–Trinajstić information content (AvgIpc) is 3.05. The number of para-hydroxylation sites is 1. The van der Waals surface area contributed by atoms with Crippen molar-refractivity contribution in [2.24, 2.45) is 5.92 Å². The monoisotopic (exact) mass is 383 g/mol. The van der Waals surface area contributed by atoms with Gasteiger partial charge in [-0.3, -0.25) is 0 Å². The van der Waals surface area contributed by atoms with Gasteiger partial charge >= 0.3 is 0 Å². The Kier molecular flexibility index (Phi) is 4.13. The zero-order chi connectivity index (χ0) is 16.7. The number of nitrogens with one attached hydrogen (secondary N) is 1. The van der Waals surface area contributed by atoms with E-state index in [1.807, 2.05) is 0 Å². The maximum Gasteiger partial charge on any atom is 0.143 e. The Balaban J connectivity index is 1.77. The maximum atomic E-state index is 6.07. The molecule has 0 saturated heterocycles. The van der Waals surface area contributed by atoms with Gasteiger partial charge in [0, 0.05) is 10.4 Å². The SMILES string of the molecule is CC(C)Oc1cccc2c1NC(c1ccc(Br)cc1)C1CC=CC21. The zero-order valence-corrected chi connectivity index (χ0v) is 15.6. The number of allylic oxidation sites excluding steroid dienone is 2. The smallest absolute Gasteiger partial charge is 0.143 e. The van der Waals surface area contributed by atoms with Crippen LogP contribution < -0.4 is 10.1 Å².